The summed E-state index contributed by atoms with van der Waals surface area (Å²) in [7, 11) is 0. The van der Waals surface area contributed by atoms with Gasteiger partial charge >= 0.3 is 0 Å². The maximum Gasteiger partial charge on any atom is 0.139 e. The molecule has 2 heteroatoms. The fourth-order valence-electron chi connectivity index (χ4n) is 4.63. The van der Waals surface area contributed by atoms with Gasteiger partial charge in [0, 0.05) is 11.8 Å². The maximum absolute atomic E-state index is 11.3. The van der Waals surface area contributed by atoms with Crippen LogP contribution in [0.3, 0.4) is 0 Å². The molecule has 4 aliphatic rings. The van der Waals surface area contributed by atoms with Crippen molar-refractivity contribution in [1.29, 1.82) is 0 Å². The predicted octanol–water partition coefficient (Wildman–Crippen LogP) is 3.66. The fraction of sp³-hybridized carbons (Fsp3) is 0.722. The molecule has 4 fully saturated rings. The van der Waals surface area contributed by atoms with E-state index >= 15 is 0 Å². The van der Waals surface area contributed by atoms with E-state index in [2.05, 4.69) is 13.2 Å². The van der Waals surface area contributed by atoms with Gasteiger partial charge in [-0.3, -0.25) is 4.79 Å². The van der Waals surface area contributed by atoms with E-state index < -0.39 is 0 Å². The van der Waals surface area contributed by atoms with Gasteiger partial charge in [-0.15, -0.1) is 0 Å². The van der Waals surface area contributed by atoms with Gasteiger partial charge in [0.25, 0.3) is 0 Å². The van der Waals surface area contributed by atoms with Crippen molar-refractivity contribution in [3.63, 3.8) is 0 Å². The van der Waals surface area contributed by atoms with Crippen LogP contribution in [0.4, 0.5) is 0 Å². The van der Waals surface area contributed by atoms with Crippen LogP contribution in [0, 0.1) is 23.7 Å². The highest BCUT2D eigenvalue weighted by Crippen LogP contribution is 2.44. The molecule has 0 aromatic rings. The van der Waals surface area contributed by atoms with Crippen LogP contribution in [0.25, 0.3) is 0 Å². The molecule has 1 N–H and O–H groups in total. The first-order valence-electron chi connectivity index (χ1n) is 8.09. The quantitative estimate of drug-likeness (QED) is 0.685. The monoisotopic (exact) mass is 274 g/mol. The molecule has 0 aromatic carbocycles. The molecule has 0 aromatic heterocycles. The van der Waals surface area contributed by atoms with Crippen LogP contribution < -0.4 is 0 Å². The van der Waals surface area contributed by atoms with Crippen molar-refractivity contribution in [2.45, 2.75) is 57.5 Å². The lowest BCUT2D eigenvalue weighted by Gasteiger charge is -2.26. The van der Waals surface area contributed by atoms with E-state index in [1.807, 2.05) is 0 Å². The minimum atomic E-state index is 0.00509. The maximum atomic E-state index is 11.3. The van der Waals surface area contributed by atoms with Crippen LogP contribution in [-0.4, -0.2) is 17.0 Å². The van der Waals surface area contributed by atoms with Gasteiger partial charge in [-0.05, 0) is 63.2 Å². The molecule has 20 heavy (non-hydrogen) atoms. The Balaban J connectivity index is 0.000000121. The van der Waals surface area contributed by atoms with Crippen LogP contribution in [0.1, 0.15) is 51.4 Å². The number of hydrogen-bond donors (Lipinski definition) is 1. The smallest absolute Gasteiger partial charge is 0.139 e. The Hall–Kier alpha value is -0.890. The topological polar surface area (TPSA) is 37.3 Å². The zero-order chi connectivity index (χ0) is 14.3. The number of rotatable bonds is 0. The zero-order valence-corrected chi connectivity index (χ0v) is 12.3. The molecule has 0 saturated heterocycles. The first-order chi connectivity index (χ1) is 9.54. The number of carbonyl (C=O) groups excluding carboxylic acids is 1. The van der Waals surface area contributed by atoms with Crippen LogP contribution in [0.15, 0.2) is 24.3 Å². The molecule has 4 bridgehead atoms. The molecular weight excluding hydrogens is 248 g/mol. The van der Waals surface area contributed by atoms with Gasteiger partial charge in [-0.25, -0.2) is 0 Å². The average molecular weight is 274 g/mol. The molecule has 0 amide bonds. The number of allylic oxidation sites excluding steroid dienone is 2. The van der Waals surface area contributed by atoms with Crippen LogP contribution in [-0.2, 0) is 4.79 Å². The van der Waals surface area contributed by atoms with Crippen molar-refractivity contribution in [3.05, 3.63) is 24.3 Å². The molecule has 4 aliphatic carbocycles. The normalized spacial score (nSPS) is 42.5. The van der Waals surface area contributed by atoms with Crippen LogP contribution in [0.2, 0.25) is 0 Å². The number of carbonyl (C=O) groups is 1. The summed E-state index contributed by atoms with van der Waals surface area (Å²) in [4.78, 5) is 11.3. The van der Waals surface area contributed by atoms with Crippen molar-refractivity contribution in [2.24, 2.45) is 23.7 Å². The first-order valence-corrected chi connectivity index (χ1v) is 8.09. The number of Topliss-reactive ketones (excluding diaryl/α,β-unsaturated/α-hetero) is 1. The first kappa shape index (κ1) is 14.1. The van der Waals surface area contributed by atoms with Gasteiger partial charge < -0.3 is 5.11 Å². The number of aliphatic hydroxyl groups is 1. The average Bonchev–Trinajstić information content (AvgIpc) is 2.77. The second-order valence-electron chi connectivity index (χ2n) is 7.28. The summed E-state index contributed by atoms with van der Waals surface area (Å²) >= 11 is 0. The standard InChI is InChI=1S/C9H14O.C9H12O/c2*1-6-4-7-2-3-8(5-6)9(7)10/h7-10H,1-5H2;7-8H,1-5H2. The highest BCUT2D eigenvalue weighted by atomic mass is 16.3. The molecule has 4 rings (SSSR count). The minimum Gasteiger partial charge on any atom is -0.393 e. The van der Waals surface area contributed by atoms with Gasteiger partial charge in [0.1, 0.15) is 5.78 Å². The highest BCUT2D eigenvalue weighted by molar-refractivity contribution is 5.87. The van der Waals surface area contributed by atoms with E-state index in [0.717, 1.165) is 38.5 Å². The van der Waals surface area contributed by atoms with Gasteiger partial charge in [0.2, 0.25) is 0 Å². The summed E-state index contributed by atoms with van der Waals surface area (Å²) in [5.74, 6) is 2.38. The highest BCUT2D eigenvalue weighted by Gasteiger charge is 2.39. The fourth-order valence-corrected chi connectivity index (χ4v) is 4.63. The number of aliphatic hydroxyl groups excluding tert-OH is 1. The summed E-state index contributed by atoms with van der Waals surface area (Å²) in [5, 5.41) is 9.59. The number of ketones is 1. The molecule has 0 aliphatic heterocycles. The molecule has 110 valence electrons. The Morgan fingerprint density at radius 3 is 1.75 bits per heavy atom. The Kier molecular flexibility index (Phi) is 3.85. The Labute approximate surface area is 122 Å². The molecule has 2 nitrogen and oxygen atoms in total. The lowest BCUT2D eigenvalue weighted by molar-refractivity contribution is -0.124. The third kappa shape index (κ3) is 2.63. The van der Waals surface area contributed by atoms with Crippen molar-refractivity contribution in [2.75, 3.05) is 0 Å². The number of hydrogen-bond acceptors (Lipinski definition) is 2. The summed E-state index contributed by atoms with van der Waals surface area (Å²) in [6, 6.07) is 0. The van der Waals surface area contributed by atoms with E-state index in [-0.39, 0.29) is 6.10 Å². The van der Waals surface area contributed by atoms with E-state index in [0.29, 0.717) is 29.5 Å². The van der Waals surface area contributed by atoms with Gasteiger partial charge in [-0.1, -0.05) is 24.3 Å². The lowest BCUT2D eigenvalue weighted by atomic mass is 9.84. The third-order valence-electron chi connectivity index (χ3n) is 5.71. The van der Waals surface area contributed by atoms with Crippen molar-refractivity contribution < 1.29 is 9.90 Å². The summed E-state index contributed by atoms with van der Waals surface area (Å²) in [6.07, 6.45) is 8.84. The summed E-state index contributed by atoms with van der Waals surface area (Å²) < 4.78 is 0. The molecular formula is C18H26O2. The van der Waals surface area contributed by atoms with Crippen molar-refractivity contribution in [3.8, 4) is 0 Å². The van der Waals surface area contributed by atoms with Gasteiger partial charge in [0.15, 0.2) is 0 Å². The molecule has 4 unspecified atom stereocenters. The van der Waals surface area contributed by atoms with E-state index in [4.69, 9.17) is 0 Å². The minimum absolute atomic E-state index is 0.00509. The zero-order valence-electron chi connectivity index (χ0n) is 12.3. The summed E-state index contributed by atoms with van der Waals surface area (Å²) in [6.45, 7) is 7.92. The predicted molar refractivity (Wildman–Crippen MR) is 80.2 cm³/mol. The largest absolute Gasteiger partial charge is 0.393 e. The van der Waals surface area contributed by atoms with Crippen LogP contribution >= 0.6 is 0 Å². The number of fused-ring (bicyclic) bond motifs is 4. The SMILES string of the molecule is C=C1CC2CCC(C1)C2=O.C=C1CC2CCC(C1)C2O. The van der Waals surface area contributed by atoms with E-state index in [9.17, 15) is 9.90 Å². The molecule has 4 atom stereocenters. The Bertz CT molecular complexity index is 403. The van der Waals surface area contributed by atoms with Crippen molar-refractivity contribution >= 4 is 5.78 Å². The van der Waals surface area contributed by atoms with Crippen molar-refractivity contribution in [1.82, 2.24) is 0 Å². The van der Waals surface area contributed by atoms with E-state index in [1.54, 1.807) is 0 Å². The molecule has 0 heterocycles. The Morgan fingerprint density at radius 2 is 1.25 bits per heavy atom. The van der Waals surface area contributed by atoms with Gasteiger partial charge in [0.05, 0.1) is 6.10 Å². The second kappa shape index (κ2) is 5.48. The second-order valence-corrected chi connectivity index (χ2v) is 7.28. The third-order valence-corrected chi connectivity index (χ3v) is 5.71. The lowest BCUT2D eigenvalue weighted by Crippen LogP contribution is -2.26. The van der Waals surface area contributed by atoms with Gasteiger partial charge in [-0.2, -0.15) is 0 Å². The Morgan fingerprint density at radius 1 is 0.800 bits per heavy atom. The molecule has 0 spiro atoms. The molecule has 4 saturated carbocycles. The van der Waals surface area contributed by atoms with E-state index in [1.165, 1.54) is 24.0 Å². The van der Waals surface area contributed by atoms with Crippen LogP contribution in [0.5, 0.6) is 0 Å². The summed E-state index contributed by atoms with van der Waals surface area (Å²) in [5.41, 5.74) is 2.66. The molecule has 0 radical (unpaired) electrons.